The molecule has 0 unspecified atom stereocenters. The molecule has 2 fully saturated rings. The topological polar surface area (TPSA) is 105 Å². The molecule has 2 aliphatic heterocycles. The largest absolute Gasteiger partial charge is 0.381 e. The summed E-state index contributed by atoms with van der Waals surface area (Å²) in [6, 6.07) is 2.30. The van der Waals surface area contributed by atoms with Crippen LogP contribution < -0.4 is 16.0 Å². The molecule has 0 spiro atoms. The van der Waals surface area contributed by atoms with Gasteiger partial charge in [-0.1, -0.05) is 11.6 Å². The van der Waals surface area contributed by atoms with Crippen LogP contribution in [0.4, 0.5) is 21.6 Å². The van der Waals surface area contributed by atoms with Gasteiger partial charge in [0, 0.05) is 44.6 Å². The number of hydrogen-bond acceptors (Lipinski definition) is 7. The average Bonchev–Trinajstić information content (AvgIpc) is 3.36. The zero-order chi connectivity index (χ0) is 22.2. The number of carbonyl (C=O) groups is 1. The van der Waals surface area contributed by atoms with Crippen LogP contribution in [0.1, 0.15) is 29.6 Å². The van der Waals surface area contributed by atoms with E-state index in [2.05, 4.69) is 30.2 Å². The van der Waals surface area contributed by atoms with Gasteiger partial charge in [-0.25, -0.2) is 13.9 Å². The Morgan fingerprint density at radius 1 is 1.22 bits per heavy atom. The zero-order valence-electron chi connectivity index (χ0n) is 17.4. The molecule has 5 rings (SSSR count). The van der Waals surface area contributed by atoms with E-state index in [4.69, 9.17) is 17.3 Å². The summed E-state index contributed by atoms with van der Waals surface area (Å²) in [6.45, 7) is 3.03. The number of carbonyl (C=O) groups excluding carboxylic acids is 1. The van der Waals surface area contributed by atoms with Crippen LogP contribution in [-0.2, 0) is 0 Å². The molecule has 3 aromatic heterocycles. The number of nitrogens with two attached hydrogens (primary N) is 1. The van der Waals surface area contributed by atoms with E-state index < -0.39 is 12.1 Å². The van der Waals surface area contributed by atoms with Gasteiger partial charge in [0.1, 0.15) is 11.7 Å². The molecule has 5 heterocycles. The van der Waals surface area contributed by atoms with Gasteiger partial charge in [0.05, 0.1) is 28.8 Å². The summed E-state index contributed by atoms with van der Waals surface area (Å²) in [5.41, 5.74) is 7.98. The van der Waals surface area contributed by atoms with Crippen molar-refractivity contribution in [1.29, 1.82) is 0 Å². The first-order chi connectivity index (χ1) is 15.5. The van der Waals surface area contributed by atoms with E-state index in [0.717, 1.165) is 38.2 Å². The fourth-order valence-electron chi connectivity index (χ4n) is 4.64. The number of nitrogens with one attached hydrogen (secondary N) is 1. The number of amides is 1. The fourth-order valence-corrected chi connectivity index (χ4v) is 4.78. The number of hydrogen-bond donors (Lipinski definition) is 2. The zero-order valence-corrected chi connectivity index (χ0v) is 18.2. The third kappa shape index (κ3) is 3.95. The number of likely N-dealkylation sites (tertiary alicyclic amines) is 1. The highest BCUT2D eigenvalue weighted by Crippen LogP contribution is 2.31. The molecule has 3 aromatic rings. The second-order valence-electron chi connectivity index (χ2n) is 8.25. The Hall–Kier alpha value is -2.98. The predicted octanol–water partition coefficient (Wildman–Crippen LogP) is 2.62. The van der Waals surface area contributed by atoms with Crippen LogP contribution in [0, 0.1) is 0 Å². The van der Waals surface area contributed by atoms with Crippen molar-refractivity contribution >= 4 is 40.3 Å². The van der Waals surface area contributed by atoms with Crippen LogP contribution in [-0.4, -0.2) is 68.8 Å². The lowest BCUT2D eigenvalue weighted by Crippen LogP contribution is -2.44. The first kappa shape index (κ1) is 20.9. The number of piperidine rings is 1. The Balaban J connectivity index is 1.32. The number of aromatic nitrogens is 4. The highest BCUT2D eigenvalue weighted by Gasteiger charge is 2.31. The van der Waals surface area contributed by atoms with Crippen LogP contribution >= 0.6 is 11.6 Å². The summed E-state index contributed by atoms with van der Waals surface area (Å²) < 4.78 is 15.0. The van der Waals surface area contributed by atoms with Crippen molar-refractivity contribution in [3.05, 3.63) is 41.4 Å². The third-order valence-electron chi connectivity index (χ3n) is 6.23. The lowest BCUT2D eigenvalue weighted by Gasteiger charge is -2.38. The summed E-state index contributed by atoms with van der Waals surface area (Å²) in [5.74, 6) is -0.345. The van der Waals surface area contributed by atoms with Crippen molar-refractivity contribution in [3.63, 3.8) is 0 Å². The van der Waals surface area contributed by atoms with E-state index in [1.165, 1.54) is 10.7 Å². The molecule has 0 bridgehead atoms. The maximum atomic E-state index is 13.6. The maximum Gasteiger partial charge on any atom is 0.263 e. The molecule has 9 nitrogen and oxygen atoms in total. The molecule has 32 heavy (non-hydrogen) atoms. The van der Waals surface area contributed by atoms with Crippen LogP contribution in [0.2, 0.25) is 5.02 Å². The van der Waals surface area contributed by atoms with Crippen molar-refractivity contribution in [1.82, 2.24) is 24.5 Å². The number of anilines is 3. The van der Waals surface area contributed by atoms with Gasteiger partial charge in [-0.05, 0) is 25.3 Å². The Bertz CT molecular complexity index is 1150. The van der Waals surface area contributed by atoms with Gasteiger partial charge in [-0.15, -0.1) is 5.10 Å². The van der Waals surface area contributed by atoms with Gasteiger partial charge in [-0.2, -0.15) is 0 Å². The SMILES string of the molecule is Nc1nn2cc(Cl)cnc2c1C(=O)Nc1cnccc1N1CCC(N2CC[C@@H](F)C2)CC1. The number of pyridine rings is 1. The van der Waals surface area contributed by atoms with E-state index in [-0.39, 0.29) is 11.4 Å². The third-order valence-corrected chi connectivity index (χ3v) is 6.42. The molecule has 2 aliphatic rings. The summed E-state index contributed by atoms with van der Waals surface area (Å²) in [7, 11) is 0. The molecule has 11 heteroatoms. The van der Waals surface area contributed by atoms with Crippen LogP contribution in [0.5, 0.6) is 0 Å². The highest BCUT2D eigenvalue weighted by molar-refractivity contribution is 6.30. The molecule has 1 atom stereocenters. The molecule has 0 saturated carbocycles. The van der Waals surface area contributed by atoms with E-state index in [9.17, 15) is 9.18 Å². The standard InChI is InChI=1S/C21H24ClFN8O/c22-13-9-26-20-18(19(24)28-31(20)11-13)21(32)27-16-10-25-5-1-17(16)29-7-3-15(4-8-29)30-6-2-14(23)12-30/h1,5,9-11,14-15H,2-4,6-8,12H2,(H2,24,28)(H,27,32)/t14-/m1/s1. The van der Waals surface area contributed by atoms with E-state index in [1.54, 1.807) is 18.6 Å². The number of nitrogens with zero attached hydrogens (tertiary/aromatic N) is 6. The van der Waals surface area contributed by atoms with Gasteiger partial charge in [0.2, 0.25) is 0 Å². The first-order valence-electron chi connectivity index (χ1n) is 10.7. The molecule has 0 radical (unpaired) electrons. The van der Waals surface area contributed by atoms with E-state index in [0.29, 0.717) is 35.4 Å². The smallest absolute Gasteiger partial charge is 0.263 e. The number of fused-ring (bicyclic) bond motifs is 1. The van der Waals surface area contributed by atoms with Gasteiger partial charge in [-0.3, -0.25) is 14.7 Å². The molecule has 168 valence electrons. The summed E-state index contributed by atoms with van der Waals surface area (Å²) >= 11 is 5.96. The number of halogens is 2. The normalized spacial score (nSPS) is 20.2. The Labute approximate surface area is 189 Å². The quantitative estimate of drug-likeness (QED) is 0.619. The van der Waals surface area contributed by atoms with Crippen LogP contribution in [0.25, 0.3) is 5.65 Å². The predicted molar refractivity (Wildman–Crippen MR) is 121 cm³/mol. The number of nitrogen functional groups attached to an aromatic ring is 1. The minimum absolute atomic E-state index is 0.0697. The number of alkyl halides is 1. The molecule has 2 saturated heterocycles. The van der Waals surface area contributed by atoms with E-state index >= 15 is 0 Å². The Kier molecular flexibility index (Phi) is 5.56. The summed E-state index contributed by atoms with van der Waals surface area (Å²) in [5, 5.41) is 7.44. The van der Waals surface area contributed by atoms with Gasteiger partial charge >= 0.3 is 0 Å². The average molecular weight is 459 g/mol. The van der Waals surface area contributed by atoms with Crippen molar-refractivity contribution < 1.29 is 9.18 Å². The second kappa shape index (κ2) is 8.51. The van der Waals surface area contributed by atoms with Crippen molar-refractivity contribution in [2.75, 3.05) is 42.1 Å². The van der Waals surface area contributed by atoms with Crippen molar-refractivity contribution in [2.45, 2.75) is 31.5 Å². The monoisotopic (exact) mass is 458 g/mol. The van der Waals surface area contributed by atoms with Gasteiger partial charge in [0.25, 0.3) is 5.91 Å². The molecule has 1 amide bonds. The van der Waals surface area contributed by atoms with Crippen LogP contribution in [0.3, 0.4) is 0 Å². The minimum Gasteiger partial charge on any atom is -0.381 e. The Morgan fingerprint density at radius 2 is 2.03 bits per heavy atom. The Morgan fingerprint density at radius 3 is 2.78 bits per heavy atom. The summed E-state index contributed by atoms with van der Waals surface area (Å²) in [6.07, 6.45) is 8.16. The van der Waals surface area contributed by atoms with E-state index in [1.807, 2.05) is 6.07 Å². The lowest BCUT2D eigenvalue weighted by molar-refractivity contribution is 0.102. The first-order valence-corrected chi connectivity index (χ1v) is 11.0. The molecular formula is C21H24ClFN8O. The fraction of sp³-hybridized carbons (Fsp3) is 0.429. The van der Waals surface area contributed by atoms with Gasteiger partial charge < -0.3 is 16.0 Å². The second-order valence-corrected chi connectivity index (χ2v) is 8.68. The molecule has 3 N–H and O–H groups in total. The van der Waals surface area contributed by atoms with Gasteiger partial charge in [0.15, 0.2) is 11.5 Å². The summed E-state index contributed by atoms with van der Waals surface area (Å²) in [4.78, 5) is 26.0. The van der Waals surface area contributed by atoms with Crippen molar-refractivity contribution in [3.8, 4) is 0 Å². The molecular weight excluding hydrogens is 435 g/mol. The number of rotatable bonds is 4. The minimum atomic E-state index is -0.701. The molecule has 0 aliphatic carbocycles. The lowest BCUT2D eigenvalue weighted by atomic mass is 10.0. The van der Waals surface area contributed by atoms with Crippen LogP contribution in [0.15, 0.2) is 30.9 Å². The van der Waals surface area contributed by atoms with Crippen molar-refractivity contribution in [2.24, 2.45) is 0 Å². The maximum absolute atomic E-state index is 13.6. The molecule has 0 aromatic carbocycles. The highest BCUT2D eigenvalue weighted by atomic mass is 35.5.